The second-order valence-electron chi connectivity index (χ2n) is 6.88. The fourth-order valence-corrected chi connectivity index (χ4v) is 3.41. The third kappa shape index (κ3) is 6.31. The number of nitrogens with zero attached hydrogens (tertiary/aromatic N) is 3. The summed E-state index contributed by atoms with van der Waals surface area (Å²) in [5.41, 5.74) is 4.92. The molecule has 5 N–H and O–H groups in total. The molecule has 0 spiro atoms. The summed E-state index contributed by atoms with van der Waals surface area (Å²) in [6.07, 6.45) is -2.78. The summed E-state index contributed by atoms with van der Waals surface area (Å²) in [6, 6.07) is 8.90. The number of anilines is 4. The average Bonchev–Trinajstić information content (AvgIpc) is 2.78. The number of benzene rings is 1. The van der Waals surface area contributed by atoms with Crippen LogP contribution >= 0.6 is 0 Å². The zero-order valence-electron chi connectivity index (χ0n) is 17.7. The van der Waals surface area contributed by atoms with Gasteiger partial charge in [0, 0.05) is 23.6 Å². The van der Waals surface area contributed by atoms with E-state index in [1.165, 1.54) is 43.5 Å². The lowest BCUT2D eigenvalue weighted by Gasteiger charge is -2.16. The molecule has 14 heteroatoms. The van der Waals surface area contributed by atoms with Gasteiger partial charge in [-0.25, -0.2) is 13.4 Å². The minimum absolute atomic E-state index is 0.126. The largest absolute Gasteiger partial charge is 0.421 e. The van der Waals surface area contributed by atoms with Crippen LogP contribution in [0.3, 0.4) is 0 Å². The fraction of sp³-hybridized carbons (Fsp3) is 0.200. The monoisotopic (exact) mass is 495 g/mol. The van der Waals surface area contributed by atoms with Gasteiger partial charge in [-0.1, -0.05) is 6.07 Å². The van der Waals surface area contributed by atoms with Crippen molar-refractivity contribution in [3.8, 4) is 0 Å². The number of carbonyl (C=O) groups excluding carboxylic acids is 1. The van der Waals surface area contributed by atoms with E-state index in [-0.39, 0.29) is 35.2 Å². The van der Waals surface area contributed by atoms with E-state index in [2.05, 4.69) is 30.3 Å². The highest BCUT2D eigenvalue weighted by atomic mass is 32.2. The van der Waals surface area contributed by atoms with E-state index in [4.69, 9.17) is 5.73 Å². The van der Waals surface area contributed by atoms with Crippen molar-refractivity contribution < 1.29 is 26.4 Å². The molecule has 0 aliphatic rings. The number of nitrogens with one attached hydrogen (secondary N) is 3. The van der Waals surface area contributed by atoms with Gasteiger partial charge in [0.1, 0.15) is 11.4 Å². The van der Waals surface area contributed by atoms with E-state index in [9.17, 15) is 26.4 Å². The molecule has 180 valence electrons. The third-order valence-corrected chi connectivity index (χ3v) is 5.75. The average molecular weight is 495 g/mol. The van der Waals surface area contributed by atoms with Crippen LogP contribution in [0.25, 0.3) is 0 Å². The van der Waals surface area contributed by atoms with Gasteiger partial charge in [0.15, 0.2) is 0 Å². The predicted molar refractivity (Wildman–Crippen MR) is 120 cm³/mol. The Labute approximate surface area is 192 Å². The molecule has 0 unspecified atom stereocenters. The Kier molecular flexibility index (Phi) is 7.20. The number of sulfonamides is 1. The van der Waals surface area contributed by atoms with Gasteiger partial charge in [0.05, 0.1) is 23.7 Å². The van der Waals surface area contributed by atoms with Crippen LogP contribution in [0.4, 0.5) is 36.3 Å². The van der Waals surface area contributed by atoms with Crippen LogP contribution in [-0.4, -0.2) is 35.0 Å². The number of pyridine rings is 1. The number of primary amides is 1. The highest BCUT2D eigenvalue weighted by Crippen LogP contribution is 2.34. The fourth-order valence-electron chi connectivity index (χ4n) is 2.74. The van der Waals surface area contributed by atoms with E-state index in [0.717, 1.165) is 0 Å². The Balaban J connectivity index is 1.89. The van der Waals surface area contributed by atoms with Gasteiger partial charge in [0.25, 0.3) is 0 Å². The maximum atomic E-state index is 13.5. The number of alkyl halides is 3. The first-order chi connectivity index (χ1) is 16.0. The molecule has 2 heterocycles. The van der Waals surface area contributed by atoms with Crippen molar-refractivity contribution in [1.82, 2.24) is 15.0 Å². The van der Waals surface area contributed by atoms with Crippen molar-refractivity contribution in [2.45, 2.75) is 19.6 Å². The number of halogens is 3. The first-order valence-electron chi connectivity index (χ1n) is 9.78. The van der Waals surface area contributed by atoms with Crippen molar-refractivity contribution in [2.24, 2.45) is 5.73 Å². The number of carbonyl (C=O) groups is 1. The molecule has 2 aromatic heterocycles. The van der Waals surface area contributed by atoms with Gasteiger partial charge >= 0.3 is 6.18 Å². The quantitative estimate of drug-likeness (QED) is 0.353. The van der Waals surface area contributed by atoms with Crippen molar-refractivity contribution in [1.29, 1.82) is 0 Å². The summed E-state index contributed by atoms with van der Waals surface area (Å²) >= 11 is 0. The topological polar surface area (TPSA) is 152 Å². The molecule has 34 heavy (non-hydrogen) atoms. The number of hydrogen-bond acceptors (Lipinski definition) is 8. The first kappa shape index (κ1) is 24.7. The summed E-state index contributed by atoms with van der Waals surface area (Å²) in [5.74, 6) is -1.59. The third-order valence-electron chi connectivity index (χ3n) is 4.46. The maximum absolute atomic E-state index is 13.5. The summed E-state index contributed by atoms with van der Waals surface area (Å²) in [5, 5.41) is 5.28. The molecule has 0 saturated heterocycles. The highest BCUT2D eigenvalue weighted by molar-refractivity contribution is 7.92. The lowest BCUT2D eigenvalue weighted by Crippen LogP contribution is -2.18. The molecular formula is C20H20F3N7O3S. The number of aromatic nitrogens is 3. The van der Waals surface area contributed by atoms with Crippen molar-refractivity contribution in [3.05, 3.63) is 65.6 Å². The van der Waals surface area contributed by atoms with Crippen LogP contribution < -0.4 is 21.1 Å². The summed E-state index contributed by atoms with van der Waals surface area (Å²) < 4.78 is 66.7. The van der Waals surface area contributed by atoms with E-state index in [1.54, 1.807) is 6.07 Å². The number of rotatable bonds is 9. The Bertz CT molecular complexity index is 1300. The molecule has 0 atom stereocenters. The van der Waals surface area contributed by atoms with Crippen molar-refractivity contribution in [3.63, 3.8) is 0 Å². The summed E-state index contributed by atoms with van der Waals surface area (Å²) in [6.45, 7) is 1.18. The zero-order valence-corrected chi connectivity index (χ0v) is 18.5. The molecule has 0 radical (unpaired) electrons. The number of nitrogens with two attached hydrogens (primary N) is 1. The Morgan fingerprint density at radius 1 is 1.15 bits per heavy atom. The molecule has 0 fully saturated rings. The van der Waals surface area contributed by atoms with E-state index >= 15 is 0 Å². The Hall–Kier alpha value is -3.94. The van der Waals surface area contributed by atoms with Crippen LogP contribution in [0.5, 0.6) is 0 Å². The van der Waals surface area contributed by atoms with Crippen molar-refractivity contribution >= 4 is 39.1 Å². The lowest BCUT2D eigenvalue weighted by atomic mass is 10.2. The van der Waals surface area contributed by atoms with E-state index in [1.807, 2.05) is 0 Å². The lowest BCUT2D eigenvalue weighted by molar-refractivity contribution is -0.137. The molecule has 1 aromatic carbocycles. The highest BCUT2D eigenvalue weighted by Gasteiger charge is 2.35. The molecule has 3 rings (SSSR count). The second kappa shape index (κ2) is 9.91. The maximum Gasteiger partial charge on any atom is 0.421 e. The minimum Gasteiger partial charge on any atom is -0.366 e. The zero-order chi connectivity index (χ0) is 24.9. The molecule has 0 aliphatic carbocycles. The van der Waals surface area contributed by atoms with Gasteiger partial charge in [-0.3, -0.25) is 14.5 Å². The molecule has 0 bridgehead atoms. The Morgan fingerprint density at radius 3 is 2.59 bits per heavy atom. The number of amides is 1. The van der Waals surface area contributed by atoms with Crippen LogP contribution in [0.2, 0.25) is 0 Å². The smallest absolute Gasteiger partial charge is 0.366 e. The Morgan fingerprint density at radius 2 is 1.91 bits per heavy atom. The van der Waals surface area contributed by atoms with Crippen LogP contribution in [0.15, 0.2) is 48.8 Å². The van der Waals surface area contributed by atoms with Gasteiger partial charge in [-0.05, 0) is 37.3 Å². The first-order valence-corrected chi connectivity index (χ1v) is 11.4. The molecular weight excluding hydrogens is 475 g/mol. The van der Waals surface area contributed by atoms with Crippen molar-refractivity contribution in [2.75, 3.05) is 21.1 Å². The molecule has 3 aromatic rings. The van der Waals surface area contributed by atoms with Gasteiger partial charge in [-0.2, -0.15) is 18.2 Å². The minimum atomic E-state index is -4.76. The van der Waals surface area contributed by atoms with Crippen LogP contribution in [0.1, 0.15) is 28.5 Å². The summed E-state index contributed by atoms with van der Waals surface area (Å²) in [4.78, 5) is 23.0. The number of hydrogen-bond donors (Lipinski definition) is 4. The standard InChI is InChI=1S/C20H20F3N7O3S/c1-2-34(32,33)30-15-7-4-8-25-16(15)11-26-18-14(20(21,22)23)10-27-19(29-18)28-13-6-3-5-12(9-13)17(24)31/h3-10,30H,2,11H2,1H3,(H2,24,31)(H2,26,27,28,29). The molecule has 0 saturated carbocycles. The second-order valence-corrected chi connectivity index (χ2v) is 8.89. The van der Waals surface area contributed by atoms with E-state index in [0.29, 0.717) is 11.9 Å². The summed E-state index contributed by atoms with van der Waals surface area (Å²) in [7, 11) is -3.63. The normalized spacial score (nSPS) is 11.6. The molecule has 0 aliphatic heterocycles. The molecule has 1 amide bonds. The van der Waals surface area contributed by atoms with Crippen LogP contribution in [-0.2, 0) is 22.7 Å². The molecule has 10 nitrogen and oxygen atoms in total. The van der Waals surface area contributed by atoms with Gasteiger partial charge in [0.2, 0.25) is 21.9 Å². The SMILES string of the molecule is CCS(=O)(=O)Nc1cccnc1CNc1nc(Nc2cccc(C(N)=O)c2)ncc1C(F)(F)F. The predicted octanol–water partition coefficient (Wildman–Crippen LogP) is 3.11. The van der Waals surface area contributed by atoms with Gasteiger partial charge < -0.3 is 16.4 Å². The van der Waals surface area contributed by atoms with Gasteiger partial charge in [-0.15, -0.1) is 0 Å². The van der Waals surface area contributed by atoms with E-state index < -0.39 is 33.5 Å². The van der Waals surface area contributed by atoms with Crippen LogP contribution in [0, 0.1) is 0 Å².